The van der Waals surface area contributed by atoms with E-state index in [1.807, 2.05) is 23.1 Å². The third-order valence-electron chi connectivity index (χ3n) is 4.58. The third-order valence-corrected chi connectivity index (χ3v) is 4.58. The van der Waals surface area contributed by atoms with Crippen molar-refractivity contribution in [2.24, 2.45) is 0 Å². The van der Waals surface area contributed by atoms with E-state index in [1.165, 1.54) is 18.2 Å². The predicted molar refractivity (Wildman–Crippen MR) is 105 cm³/mol. The zero-order valence-electron chi connectivity index (χ0n) is 15.9. The monoisotopic (exact) mass is 415 g/mol. The van der Waals surface area contributed by atoms with Gasteiger partial charge in [-0.3, -0.25) is 0 Å². The minimum absolute atomic E-state index is 0.00949. The smallest absolute Gasteiger partial charge is 0.387 e. The quantitative estimate of drug-likeness (QED) is 0.689. The number of ether oxygens (including phenoxy) is 1. The molecule has 0 atom stereocenters. The minimum Gasteiger partial charge on any atom is -0.435 e. The molecule has 1 saturated heterocycles. The summed E-state index contributed by atoms with van der Waals surface area (Å²) in [6, 6.07) is 11.1. The fourth-order valence-electron chi connectivity index (χ4n) is 3.10. The molecule has 0 unspecified atom stereocenters. The van der Waals surface area contributed by atoms with Crippen molar-refractivity contribution in [3.8, 4) is 11.6 Å². The Balaban J connectivity index is 1.31. The Morgan fingerprint density at radius 3 is 2.47 bits per heavy atom. The Morgan fingerprint density at radius 2 is 1.80 bits per heavy atom. The number of carbonyl (C=O) groups excluding carboxylic acids is 1. The normalized spacial score (nSPS) is 14.1. The number of alkyl halides is 2. The lowest BCUT2D eigenvalue weighted by atomic mass is 10.3. The van der Waals surface area contributed by atoms with Gasteiger partial charge in [0.2, 0.25) is 0 Å². The van der Waals surface area contributed by atoms with Crippen LogP contribution in [0.2, 0.25) is 0 Å². The van der Waals surface area contributed by atoms with Gasteiger partial charge in [-0.2, -0.15) is 13.9 Å². The predicted octanol–water partition coefficient (Wildman–Crippen LogP) is 2.62. The Morgan fingerprint density at radius 1 is 1.03 bits per heavy atom. The molecule has 2 aromatic heterocycles. The maximum atomic E-state index is 12.5. The molecule has 156 valence electrons. The average molecular weight is 415 g/mol. The molecule has 3 aromatic rings. The van der Waals surface area contributed by atoms with Crippen molar-refractivity contribution in [2.75, 3.05) is 36.4 Å². The van der Waals surface area contributed by atoms with Crippen LogP contribution in [0.1, 0.15) is 0 Å². The van der Waals surface area contributed by atoms with Crippen LogP contribution in [0.25, 0.3) is 5.82 Å². The van der Waals surface area contributed by atoms with Crippen LogP contribution < -0.4 is 15.0 Å². The summed E-state index contributed by atoms with van der Waals surface area (Å²) in [4.78, 5) is 16.2. The molecular formula is C19H19F2N7O2. The maximum Gasteiger partial charge on any atom is 0.387 e. The fourth-order valence-corrected chi connectivity index (χ4v) is 3.10. The molecule has 1 aromatic carbocycles. The van der Waals surface area contributed by atoms with Gasteiger partial charge in [0, 0.05) is 50.3 Å². The van der Waals surface area contributed by atoms with Crippen LogP contribution in [-0.2, 0) is 0 Å². The molecule has 1 aliphatic heterocycles. The molecule has 1 aliphatic rings. The van der Waals surface area contributed by atoms with Gasteiger partial charge in [-0.15, -0.1) is 10.2 Å². The van der Waals surface area contributed by atoms with Gasteiger partial charge >= 0.3 is 12.6 Å². The number of halogens is 2. The highest BCUT2D eigenvalue weighted by molar-refractivity contribution is 5.89. The molecule has 0 radical (unpaired) electrons. The first-order chi connectivity index (χ1) is 14.6. The van der Waals surface area contributed by atoms with Crippen LogP contribution in [-0.4, -0.2) is 63.7 Å². The van der Waals surface area contributed by atoms with Crippen LogP contribution in [0.3, 0.4) is 0 Å². The molecule has 1 N–H and O–H groups in total. The number of aromatic nitrogens is 4. The van der Waals surface area contributed by atoms with Crippen LogP contribution >= 0.6 is 0 Å². The molecule has 11 heteroatoms. The molecule has 0 spiro atoms. The zero-order valence-corrected chi connectivity index (χ0v) is 15.9. The fraction of sp³-hybridized carbons (Fsp3) is 0.263. The van der Waals surface area contributed by atoms with Crippen molar-refractivity contribution in [1.29, 1.82) is 0 Å². The average Bonchev–Trinajstić information content (AvgIpc) is 3.29. The van der Waals surface area contributed by atoms with Gasteiger partial charge in [0.25, 0.3) is 0 Å². The lowest BCUT2D eigenvalue weighted by Crippen LogP contribution is -2.50. The number of carbonyl (C=O) groups is 1. The molecule has 1 fully saturated rings. The molecular weight excluding hydrogens is 396 g/mol. The standard InChI is InChI=1S/C19H19F2N7O2/c20-18(21)30-15-4-1-3-14(13-15)23-19(29)27-11-9-26(10-12-27)16-5-6-17(25-24-16)28-8-2-7-22-28/h1-8,13,18H,9-12H2,(H,23,29). The van der Waals surface area contributed by atoms with Gasteiger partial charge in [0.05, 0.1) is 0 Å². The summed E-state index contributed by atoms with van der Waals surface area (Å²) in [5, 5.41) is 15.3. The van der Waals surface area contributed by atoms with E-state index in [-0.39, 0.29) is 11.8 Å². The lowest BCUT2D eigenvalue weighted by Gasteiger charge is -2.35. The minimum atomic E-state index is -2.92. The van der Waals surface area contributed by atoms with Crippen LogP contribution in [0.15, 0.2) is 54.9 Å². The van der Waals surface area contributed by atoms with Crippen molar-refractivity contribution >= 4 is 17.5 Å². The number of hydrogen-bond donors (Lipinski definition) is 1. The third kappa shape index (κ3) is 4.62. The lowest BCUT2D eigenvalue weighted by molar-refractivity contribution is -0.0497. The number of nitrogens with one attached hydrogen (secondary N) is 1. The molecule has 9 nitrogen and oxygen atoms in total. The molecule has 3 heterocycles. The van der Waals surface area contributed by atoms with E-state index in [9.17, 15) is 13.6 Å². The highest BCUT2D eigenvalue weighted by atomic mass is 19.3. The van der Waals surface area contributed by atoms with E-state index in [0.29, 0.717) is 37.7 Å². The van der Waals surface area contributed by atoms with Crippen molar-refractivity contribution in [2.45, 2.75) is 6.61 Å². The summed E-state index contributed by atoms with van der Waals surface area (Å²) in [7, 11) is 0. The number of nitrogens with zero attached hydrogens (tertiary/aromatic N) is 6. The maximum absolute atomic E-state index is 12.5. The first-order valence-electron chi connectivity index (χ1n) is 9.28. The first kappa shape index (κ1) is 19.6. The summed E-state index contributed by atoms with van der Waals surface area (Å²) >= 11 is 0. The van der Waals surface area contributed by atoms with Crippen molar-refractivity contribution < 1.29 is 18.3 Å². The highest BCUT2D eigenvalue weighted by Crippen LogP contribution is 2.20. The summed E-state index contributed by atoms with van der Waals surface area (Å²) < 4.78 is 30.7. The second-order valence-corrected chi connectivity index (χ2v) is 6.51. The van der Waals surface area contributed by atoms with E-state index in [4.69, 9.17) is 0 Å². The number of amides is 2. The van der Waals surface area contributed by atoms with Crippen molar-refractivity contribution in [1.82, 2.24) is 24.9 Å². The molecule has 0 saturated carbocycles. The SMILES string of the molecule is O=C(Nc1cccc(OC(F)F)c1)N1CCN(c2ccc(-n3cccn3)nn2)CC1. The first-order valence-corrected chi connectivity index (χ1v) is 9.28. The summed E-state index contributed by atoms with van der Waals surface area (Å²) in [6.45, 7) is -0.751. The van der Waals surface area contributed by atoms with Gasteiger partial charge in [-0.1, -0.05) is 6.07 Å². The van der Waals surface area contributed by atoms with Gasteiger partial charge < -0.3 is 19.9 Å². The number of piperazine rings is 1. The van der Waals surface area contributed by atoms with Gasteiger partial charge in [0.15, 0.2) is 11.6 Å². The Labute approximate surface area is 170 Å². The van der Waals surface area contributed by atoms with E-state index < -0.39 is 6.61 Å². The molecule has 4 rings (SSSR count). The number of benzene rings is 1. The number of rotatable bonds is 5. The number of urea groups is 1. The van der Waals surface area contributed by atoms with Crippen molar-refractivity contribution in [3.63, 3.8) is 0 Å². The second-order valence-electron chi connectivity index (χ2n) is 6.51. The largest absolute Gasteiger partial charge is 0.435 e. The number of anilines is 2. The van der Waals surface area contributed by atoms with Gasteiger partial charge in [-0.05, 0) is 30.3 Å². The van der Waals surface area contributed by atoms with Gasteiger partial charge in [0.1, 0.15) is 5.75 Å². The molecule has 0 aliphatic carbocycles. The zero-order chi connectivity index (χ0) is 20.9. The Kier molecular flexibility index (Phi) is 5.68. The highest BCUT2D eigenvalue weighted by Gasteiger charge is 2.22. The van der Waals surface area contributed by atoms with E-state index in [2.05, 4.69) is 25.3 Å². The van der Waals surface area contributed by atoms with Crippen LogP contribution in [0.5, 0.6) is 5.75 Å². The van der Waals surface area contributed by atoms with E-state index in [1.54, 1.807) is 28.0 Å². The Bertz CT molecular complexity index is 975. The summed E-state index contributed by atoms with van der Waals surface area (Å²) in [6.07, 6.45) is 3.46. The second kappa shape index (κ2) is 8.72. The molecule has 0 bridgehead atoms. The molecule has 2 amide bonds. The van der Waals surface area contributed by atoms with E-state index in [0.717, 1.165) is 5.82 Å². The number of hydrogen-bond acceptors (Lipinski definition) is 6. The summed E-state index contributed by atoms with van der Waals surface area (Å²) in [5.74, 6) is 1.34. The Hall–Kier alpha value is -3.76. The van der Waals surface area contributed by atoms with Crippen LogP contribution in [0.4, 0.5) is 25.1 Å². The van der Waals surface area contributed by atoms with E-state index >= 15 is 0 Å². The van der Waals surface area contributed by atoms with Crippen LogP contribution in [0, 0.1) is 0 Å². The van der Waals surface area contributed by atoms with Gasteiger partial charge in [-0.25, -0.2) is 9.48 Å². The van der Waals surface area contributed by atoms with Crippen molar-refractivity contribution in [3.05, 3.63) is 54.9 Å². The topological polar surface area (TPSA) is 88.4 Å². The molecule has 30 heavy (non-hydrogen) atoms. The summed E-state index contributed by atoms with van der Waals surface area (Å²) in [5.41, 5.74) is 0.389.